The van der Waals surface area contributed by atoms with Crippen LogP contribution in [0.25, 0.3) is 0 Å². The summed E-state index contributed by atoms with van der Waals surface area (Å²) in [5, 5.41) is 3.85. The molecule has 1 aliphatic heterocycles. The smallest absolute Gasteiger partial charge is 0.109 e. The second kappa shape index (κ2) is 5.77. The van der Waals surface area contributed by atoms with Gasteiger partial charge in [-0.1, -0.05) is 13.8 Å². The van der Waals surface area contributed by atoms with Crippen LogP contribution in [-0.4, -0.2) is 31.6 Å². The fourth-order valence-electron chi connectivity index (χ4n) is 3.94. The van der Waals surface area contributed by atoms with Gasteiger partial charge in [0.05, 0.1) is 0 Å². The van der Waals surface area contributed by atoms with Gasteiger partial charge in [0, 0.05) is 18.0 Å². The molecule has 3 heteroatoms. The minimum Gasteiger partial charge on any atom is -0.466 e. The summed E-state index contributed by atoms with van der Waals surface area (Å²) in [6, 6.07) is 2.72. The Bertz CT molecular complexity index is 483. The zero-order valence-electron chi connectivity index (χ0n) is 14.0. The normalized spacial score (nSPS) is 26.8. The average Bonchev–Trinajstić information content (AvgIpc) is 2.76. The molecule has 3 rings (SSSR count). The van der Waals surface area contributed by atoms with Crippen LogP contribution in [0.3, 0.4) is 0 Å². The van der Waals surface area contributed by atoms with Crippen LogP contribution in [0.4, 0.5) is 0 Å². The largest absolute Gasteiger partial charge is 0.466 e. The molecule has 1 aromatic rings. The van der Waals surface area contributed by atoms with Crippen LogP contribution in [0.1, 0.15) is 56.2 Å². The van der Waals surface area contributed by atoms with Crippen molar-refractivity contribution in [3.63, 3.8) is 0 Å². The topological polar surface area (TPSA) is 28.4 Å². The lowest BCUT2D eigenvalue weighted by atomic mass is 9.74. The zero-order chi connectivity index (χ0) is 15.0. The molecule has 21 heavy (non-hydrogen) atoms. The van der Waals surface area contributed by atoms with Crippen molar-refractivity contribution in [1.29, 1.82) is 0 Å². The number of furan rings is 1. The quantitative estimate of drug-likeness (QED) is 0.923. The highest BCUT2D eigenvalue weighted by atomic mass is 16.3. The van der Waals surface area contributed by atoms with Crippen molar-refractivity contribution in [1.82, 2.24) is 10.2 Å². The molecule has 2 heterocycles. The van der Waals surface area contributed by atoms with Crippen molar-refractivity contribution < 1.29 is 4.42 Å². The second-order valence-electron chi connectivity index (χ2n) is 7.99. The minimum absolute atomic E-state index is 0.335. The molecule has 0 radical (unpaired) electrons. The Hall–Kier alpha value is -0.800. The Morgan fingerprint density at radius 3 is 2.76 bits per heavy atom. The highest BCUT2D eigenvalue weighted by Crippen LogP contribution is 2.42. The van der Waals surface area contributed by atoms with E-state index in [0.717, 1.165) is 24.6 Å². The molecule has 2 aliphatic rings. The molecule has 1 atom stereocenters. The highest BCUT2D eigenvalue weighted by Gasteiger charge is 2.34. The van der Waals surface area contributed by atoms with E-state index in [1.54, 1.807) is 0 Å². The number of fused-ring (bicyclic) bond motifs is 1. The third-order valence-corrected chi connectivity index (χ3v) is 5.23. The Labute approximate surface area is 129 Å². The van der Waals surface area contributed by atoms with Gasteiger partial charge in [-0.25, -0.2) is 0 Å². The molecular formula is C18H30N2O. The zero-order valence-corrected chi connectivity index (χ0v) is 14.0. The van der Waals surface area contributed by atoms with E-state index in [1.165, 1.54) is 43.7 Å². The maximum absolute atomic E-state index is 5.93. The predicted octanol–water partition coefficient (Wildman–Crippen LogP) is 3.53. The van der Waals surface area contributed by atoms with Crippen LogP contribution >= 0.6 is 0 Å². The molecule has 118 valence electrons. The van der Waals surface area contributed by atoms with E-state index in [4.69, 9.17) is 4.42 Å². The van der Waals surface area contributed by atoms with Crippen molar-refractivity contribution >= 4 is 0 Å². The minimum atomic E-state index is 0.335. The number of hydrogen-bond donors (Lipinski definition) is 1. The molecule has 1 fully saturated rings. The summed E-state index contributed by atoms with van der Waals surface area (Å²) in [4.78, 5) is 2.44. The van der Waals surface area contributed by atoms with Crippen LogP contribution in [0.15, 0.2) is 10.5 Å². The molecule has 1 saturated heterocycles. The van der Waals surface area contributed by atoms with Crippen LogP contribution < -0.4 is 5.32 Å². The first-order valence-corrected chi connectivity index (χ1v) is 8.44. The number of aryl methyl sites for hydroxylation is 1. The Kier molecular flexibility index (Phi) is 4.15. The first-order chi connectivity index (χ1) is 9.93. The fraction of sp³-hybridized carbons (Fsp3) is 0.778. The molecule has 0 bridgehead atoms. The summed E-state index contributed by atoms with van der Waals surface area (Å²) in [6.45, 7) is 10.4. The number of likely N-dealkylation sites (tertiary alicyclic amines) is 1. The number of piperidine rings is 1. The van der Waals surface area contributed by atoms with E-state index in [-0.39, 0.29) is 0 Å². The van der Waals surface area contributed by atoms with Crippen LogP contribution in [0, 0.1) is 18.3 Å². The van der Waals surface area contributed by atoms with Gasteiger partial charge < -0.3 is 14.6 Å². The third kappa shape index (κ3) is 3.51. The lowest BCUT2D eigenvalue weighted by Gasteiger charge is -2.36. The average molecular weight is 290 g/mol. The summed E-state index contributed by atoms with van der Waals surface area (Å²) in [6.07, 6.45) is 4.95. The standard InChI is InChI=1S/C18H30N2O/c1-13-9-15-16(10-18(2,3)11-17(15)21-13)19-12-14-5-7-20(4)8-6-14/h9,14,16,19H,5-8,10-12H2,1-4H3. The number of rotatable bonds is 3. The van der Waals surface area contributed by atoms with Gasteiger partial charge in [-0.3, -0.25) is 0 Å². The first-order valence-electron chi connectivity index (χ1n) is 8.44. The van der Waals surface area contributed by atoms with E-state index in [9.17, 15) is 0 Å². The van der Waals surface area contributed by atoms with Crippen molar-refractivity contribution in [3.05, 3.63) is 23.2 Å². The summed E-state index contributed by atoms with van der Waals surface area (Å²) in [5.41, 5.74) is 1.75. The van der Waals surface area contributed by atoms with Crippen molar-refractivity contribution in [2.45, 2.75) is 52.5 Å². The molecule has 1 N–H and O–H groups in total. The van der Waals surface area contributed by atoms with Crippen LogP contribution in [0.2, 0.25) is 0 Å². The molecule has 0 saturated carbocycles. The number of nitrogens with one attached hydrogen (secondary N) is 1. The van der Waals surface area contributed by atoms with Gasteiger partial charge in [0.1, 0.15) is 11.5 Å². The molecule has 3 nitrogen and oxygen atoms in total. The molecule has 0 spiro atoms. The highest BCUT2D eigenvalue weighted by molar-refractivity contribution is 5.29. The SMILES string of the molecule is Cc1cc2c(o1)CC(C)(C)CC2NCC1CCN(C)CC1. The first kappa shape index (κ1) is 15.1. The molecule has 1 unspecified atom stereocenters. The molecule has 1 aliphatic carbocycles. The number of hydrogen-bond acceptors (Lipinski definition) is 3. The van der Waals surface area contributed by atoms with Crippen LogP contribution in [0.5, 0.6) is 0 Å². The van der Waals surface area contributed by atoms with Gasteiger partial charge in [0.25, 0.3) is 0 Å². The summed E-state index contributed by atoms with van der Waals surface area (Å²) in [5.74, 6) is 3.11. The van der Waals surface area contributed by atoms with E-state index in [1.807, 2.05) is 0 Å². The Morgan fingerprint density at radius 2 is 2.05 bits per heavy atom. The molecular weight excluding hydrogens is 260 g/mol. The van der Waals surface area contributed by atoms with Gasteiger partial charge in [-0.05, 0) is 70.3 Å². The molecule has 0 aromatic carbocycles. The van der Waals surface area contributed by atoms with Gasteiger partial charge in [-0.15, -0.1) is 0 Å². The van der Waals surface area contributed by atoms with E-state index in [2.05, 4.69) is 44.1 Å². The van der Waals surface area contributed by atoms with Crippen molar-refractivity contribution in [3.8, 4) is 0 Å². The lowest BCUT2D eigenvalue weighted by Crippen LogP contribution is -2.38. The summed E-state index contributed by atoms with van der Waals surface area (Å²) in [7, 11) is 2.23. The van der Waals surface area contributed by atoms with Crippen molar-refractivity contribution in [2.75, 3.05) is 26.7 Å². The molecule has 0 amide bonds. The van der Waals surface area contributed by atoms with E-state index >= 15 is 0 Å². The van der Waals surface area contributed by atoms with E-state index in [0.29, 0.717) is 11.5 Å². The molecule has 1 aromatic heterocycles. The third-order valence-electron chi connectivity index (χ3n) is 5.23. The maximum Gasteiger partial charge on any atom is 0.109 e. The summed E-state index contributed by atoms with van der Waals surface area (Å²) >= 11 is 0. The lowest BCUT2D eigenvalue weighted by molar-refractivity contribution is 0.195. The van der Waals surface area contributed by atoms with Crippen molar-refractivity contribution in [2.24, 2.45) is 11.3 Å². The Balaban J connectivity index is 1.64. The van der Waals surface area contributed by atoms with Gasteiger partial charge in [-0.2, -0.15) is 0 Å². The van der Waals surface area contributed by atoms with E-state index < -0.39 is 0 Å². The predicted molar refractivity (Wildman–Crippen MR) is 86.5 cm³/mol. The van der Waals surface area contributed by atoms with Gasteiger partial charge in [0.15, 0.2) is 0 Å². The second-order valence-corrected chi connectivity index (χ2v) is 7.99. The number of nitrogens with zero attached hydrogens (tertiary/aromatic N) is 1. The van der Waals surface area contributed by atoms with Gasteiger partial charge in [0.2, 0.25) is 0 Å². The van der Waals surface area contributed by atoms with Crippen LogP contribution in [-0.2, 0) is 6.42 Å². The fourth-order valence-corrected chi connectivity index (χ4v) is 3.94. The Morgan fingerprint density at radius 1 is 1.33 bits per heavy atom. The summed E-state index contributed by atoms with van der Waals surface area (Å²) < 4.78 is 5.93. The van der Waals surface area contributed by atoms with Gasteiger partial charge >= 0.3 is 0 Å². The monoisotopic (exact) mass is 290 g/mol. The maximum atomic E-state index is 5.93.